The number of phenols is 2. The number of rotatable bonds is 6. The number of hydrogen-bond donors (Lipinski definition) is 2. The summed E-state index contributed by atoms with van der Waals surface area (Å²) in [6.07, 6.45) is 1.44. The van der Waals surface area contributed by atoms with E-state index < -0.39 is 27.5 Å². The van der Waals surface area contributed by atoms with Gasteiger partial charge in [0.15, 0.2) is 11.5 Å². The van der Waals surface area contributed by atoms with Gasteiger partial charge in [0.2, 0.25) is 5.75 Å². The van der Waals surface area contributed by atoms with E-state index in [2.05, 4.69) is 11.0 Å². The van der Waals surface area contributed by atoms with Crippen molar-refractivity contribution in [1.29, 1.82) is 5.26 Å². The third kappa shape index (κ3) is 4.70. The molecule has 30 heavy (non-hydrogen) atoms. The first kappa shape index (κ1) is 23.1. The molecule has 8 nitrogen and oxygen atoms in total. The molecule has 0 aromatic heterocycles. The molecule has 1 aliphatic heterocycles. The van der Waals surface area contributed by atoms with E-state index in [1.165, 1.54) is 0 Å². The SMILES string of the molecule is Cl.N#CC1(c2ccccc2)CCN(CCC(=O)c2cc(O)c(O)c([N+](=O)[O-])c2)CC1. The Morgan fingerprint density at radius 1 is 1.20 bits per heavy atom. The van der Waals surface area contributed by atoms with Crippen LogP contribution in [0, 0.1) is 21.4 Å². The summed E-state index contributed by atoms with van der Waals surface area (Å²) in [7, 11) is 0. The van der Waals surface area contributed by atoms with Gasteiger partial charge in [0.05, 0.1) is 16.4 Å². The van der Waals surface area contributed by atoms with E-state index in [0.29, 0.717) is 32.5 Å². The zero-order valence-corrected chi connectivity index (χ0v) is 17.0. The van der Waals surface area contributed by atoms with Crippen molar-refractivity contribution < 1.29 is 19.9 Å². The van der Waals surface area contributed by atoms with Crippen LogP contribution in [0.4, 0.5) is 5.69 Å². The van der Waals surface area contributed by atoms with Crippen molar-refractivity contribution in [1.82, 2.24) is 4.90 Å². The molecule has 1 heterocycles. The van der Waals surface area contributed by atoms with Gasteiger partial charge in [0.1, 0.15) is 0 Å². The van der Waals surface area contributed by atoms with Crippen LogP contribution in [0.2, 0.25) is 0 Å². The van der Waals surface area contributed by atoms with Gasteiger partial charge < -0.3 is 15.1 Å². The number of aromatic hydroxyl groups is 2. The monoisotopic (exact) mass is 431 g/mol. The fourth-order valence-electron chi connectivity index (χ4n) is 3.69. The van der Waals surface area contributed by atoms with Crippen molar-refractivity contribution >= 4 is 23.9 Å². The highest BCUT2D eigenvalue weighted by molar-refractivity contribution is 5.97. The average molecular weight is 432 g/mol. The molecule has 1 saturated heterocycles. The number of nitro groups is 1. The highest BCUT2D eigenvalue weighted by atomic mass is 35.5. The number of likely N-dealkylation sites (tertiary alicyclic amines) is 1. The number of benzene rings is 2. The van der Waals surface area contributed by atoms with E-state index in [1.807, 2.05) is 30.3 Å². The number of nitriles is 1. The van der Waals surface area contributed by atoms with Crippen LogP contribution >= 0.6 is 12.4 Å². The maximum atomic E-state index is 12.4. The van der Waals surface area contributed by atoms with Gasteiger partial charge in [-0.1, -0.05) is 30.3 Å². The molecule has 2 N–H and O–H groups in total. The number of nitro benzene ring substituents is 1. The van der Waals surface area contributed by atoms with E-state index in [4.69, 9.17) is 0 Å². The van der Waals surface area contributed by atoms with E-state index in [0.717, 1.165) is 17.7 Å². The Morgan fingerprint density at radius 3 is 2.40 bits per heavy atom. The van der Waals surface area contributed by atoms with Crippen LogP contribution in [0.3, 0.4) is 0 Å². The zero-order chi connectivity index (χ0) is 21.0. The Bertz CT molecular complexity index is 967. The highest BCUT2D eigenvalue weighted by Crippen LogP contribution is 2.37. The van der Waals surface area contributed by atoms with Crippen LogP contribution in [-0.2, 0) is 5.41 Å². The number of ketones is 1. The van der Waals surface area contributed by atoms with E-state index >= 15 is 0 Å². The third-order valence-electron chi connectivity index (χ3n) is 5.49. The smallest absolute Gasteiger partial charge is 0.315 e. The molecular weight excluding hydrogens is 410 g/mol. The summed E-state index contributed by atoms with van der Waals surface area (Å²) < 4.78 is 0. The van der Waals surface area contributed by atoms with Crippen LogP contribution in [0.5, 0.6) is 11.5 Å². The van der Waals surface area contributed by atoms with Crippen LogP contribution < -0.4 is 0 Å². The molecular formula is C21H22ClN3O5. The Kier molecular flexibility index (Phi) is 7.38. The Balaban J connectivity index is 0.00000320. The fraction of sp³-hybridized carbons (Fsp3) is 0.333. The summed E-state index contributed by atoms with van der Waals surface area (Å²) in [5.74, 6) is -1.90. The van der Waals surface area contributed by atoms with Gasteiger partial charge >= 0.3 is 5.69 Å². The predicted molar refractivity (Wildman–Crippen MR) is 112 cm³/mol. The van der Waals surface area contributed by atoms with Crippen LogP contribution in [0.1, 0.15) is 35.2 Å². The van der Waals surface area contributed by atoms with E-state index in [1.54, 1.807) is 0 Å². The first-order valence-corrected chi connectivity index (χ1v) is 9.29. The second-order valence-electron chi connectivity index (χ2n) is 7.19. The lowest BCUT2D eigenvalue weighted by molar-refractivity contribution is -0.386. The summed E-state index contributed by atoms with van der Waals surface area (Å²) in [6.45, 7) is 1.78. The van der Waals surface area contributed by atoms with Crippen LogP contribution in [-0.4, -0.2) is 45.5 Å². The number of hydrogen-bond acceptors (Lipinski definition) is 7. The van der Waals surface area contributed by atoms with Crippen LogP contribution in [0.25, 0.3) is 0 Å². The number of carbonyl (C=O) groups is 1. The lowest BCUT2D eigenvalue weighted by Gasteiger charge is -2.37. The fourth-order valence-corrected chi connectivity index (χ4v) is 3.69. The minimum Gasteiger partial charge on any atom is -0.504 e. The molecule has 0 bridgehead atoms. The molecule has 0 radical (unpaired) electrons. The van der Waals surface area contributed by atoms with Gasteiger partial charge in [-0.05, 0) is 37.6 Å². The van der Waals surface area contributed by atoms with Gasteiger partial charge in [0, 0.05) is 24.6 Å². The first-order valence-electron chi connectivity index (χ1n) is 9.29. The molecule has 0 atom stereocenters. The van der Waals surface area contributed by atoms with E-state index in [-0.39, 0.29) is 30.2 Å². The molecule has 0 aliphatic carbocycles. The van der Waals surface area contributed by atoms with E-state index in [9.17, 15) is 30.4 Å². The largest absolute Gasteiger partial charge is 0.504 e. The van der Waals surface area contributed by atoms with Gasteiger partial charge in [-0.15, -0.1) is 12.4 Å². The Morgan fingerprint density at radius 2 is 1.83 bits per heavy atom. The summed E-state index contributed by atoms with van der Waals surface area (Å²) in [4.78, 5) is 24.6. The number of phenolic OH excluding ortho intramolecular Hbond substituents is 2. The average Bonchev–Trinajstić information content (AvgIpc) is 2.74. The number of halogens is 1. The lowest BCUT2D eigenvalue weighted by atomic mass is 9.74. The standard InChI is InChI=1S/C21H21N3O5.ClH/c22-14-21(16-4-2-1-3-5-16)7-10-23(11-8-21)9-6-18(25)15-12-17(24(28)29)20(27)19(26)13-15;/h1-5,12-13,26-27H,6-11H2;1H. The first-order chi connectivity index (χ1) is 13.9. The minimum absolute atomic E-state index is 0. The summed E-state index contributed by atoms with van der Waals surface area (Å²) in [6, 6.07) is 14.2. The molecule has 1 fully saturated rings. The molecule has 2 aromatic rings. The minimum atomic E-state index is -0.851. The van der Waals surface area contributed by atoms with Crippen LogP contribution in [0.15, 0.2) is 42.5 Å². The molecule has 0 unspecified atom stereocenters. The van der Waals surface area contributed by atoms with Crippen molar-refractivity contribution in [2.75, 3.05) is 19.6 Å². The van der Waals surface area contributed by atoms with Gasteiger partial charge in [0.25, 0.3) is 0 Å². The molecule has 3 rings (SSSR count). The number of carbonyl (C=O) groups excluding carboxylic acids is 1. The maximum Gasteiger partial charge on any atom is 0.315 e. The molecule has 0 amide bonds. The second kappa shape index (κ2) is 9.57. The van der Waals surface area contributed by atoms with Crippen molar-refractivity contribution in [2.24, 2.45) is 0 Å². The highest BCUT2D eigenvalue weighted by Gasteiger charge is 2.36. The molecule has 0 saturated carbocycles. The Labute approximate surface area is 179 Å². The van der Waals surface area contributed by atoms with Gasteiger partial charge in [-0.2, -0.15) is 5.26 Å². The lowest BCUT2D eigenvalue weighted by Crippen LogP contribution is -2.42. The number of piperidine rings is 1. The van der Waals surface area contributed by atoms with Crippen molar-refractivity contribution in [2.45, 2.75) is 24.7 Å². The molecule has 9 heteroatoms. The zero-order valence-electron chi connectivity index (χ0n) is 16.2. The summed E-state index contributed by atoms with van der Waals surface area (Å²) >= 11 is 0. The van der Waals surface area contributed by atoms with Crippen molar-refractivity contribution in [3.8, 4) is 17.6 Å². The third-order valence-corrected chi connectivity index (χ3v) is 5.49. The quantitative estimate of drug-likeness (QED) is 0.309. The van der Waals surface area contributed by atoms with Crippen molar-refractivity contribution in [3.63, 3.8) is 0 Å². The predicted octanol–water partition coefficient (Wildman–Crippen LogP) is 3.56. The number of nitrogens with zero attached hydrogens (tertiary/aromatic N) is 3. The topological polar surface area (TPSA) is 128 Å². The summed E-state index contributed by atoms with van der Waals surface area (Å²) in [5.41, 5.74) is -0.233. The molecule has 158 valence electrons. The second-order valence-corrected chi connectivity index (χ2v) is 7.19. The van der Waals surface area contributed by atoms with Gasteiger partial charge in [-0.25, -0.2) is 0 Å². The van der Waals surface area contributed by atoms with Crippen molar-refractivity contribution in [3.05, 3.63) is 63.7 Å². The number of Topliss-reactive ketones (excluding diaryl/α,β-unsaturated/α-hetero) is 1. The normalized spacial score (nSPS) is 15.6. The summed E-state index contributed by atoms with van der Waals surface area (Å²) in [5, 5.41) is 39.9. The van der Waals surface area contributed by atoms with Gasteiger partial charge in [-0.3, -0.25) is 14.9 Å². The maximum absolute atomic E-state index is 12.4. The Hall–Kier alpha value is -3.15. The molecule has 0 spiro atoms. The molecule has 1 aliphatic rings. The molecule has 2 aromatic carbocycles.